The SMILES string of the molecule is CC1(C)NC(=O)C(C)(C)N(Cc2ccc(O)cc2)C1=O. The van der Waals surface area contributed by atoms with Gasteiger partial charge in [-0.05, 0) is 45.4 Å². The van der Waals surface area contributed by atoms with E-state index in [2.05, 4.69) is 5.32 Å². The zero-order valence-corrected chi connectivity index (χ0v) is 12.2. The third kappa shape index (κ3) is 2.35. The van der Waals surface area contributed by atoms with E-state index >= 15 is 0 Å². The molecule has 1 fully saturated rings. The highest BCUT2D eigenvalue weighted by Crippen LogP contribution is 2.28. The van der Waals surface area contributed by atoms with Crippen molar-refractivity contribution in [2.45, 2.75) is 45.3 Å². The number of carbonyl (C=O) groups excluding carboxylic acids is 2. The Morgan fingerprint density at radius 3 is 2.20 bits per heavy atom. The van der Waals surface area contributed by atoms with E-state index in [0.29, 0.717) is 6.54 Å². The summed E-state index contributed by atoms with van der Waals surface area (Å²) < 4.78 is 0. The van der Waals surface area contributed by atoms with Gasteiger partial charge in [0.25, 0.3) is 0 Å². The molecule has 0 spiro atoms. The molecule has 1 aromatic carbocycles. The topological polar surface area (TPSA) is 69.6 Å². The predicted molar refractivity (Wildman–Crippen MR) is 75.0 cm³/mol. The van der Waals surface area contributed by atoms with Gasteiger partial charge >= 0.3 is 0 Å². The van der Waals surface area contributed by atoms with E-state index < -0.39 is 11.1 Å². The van der Waals surface area contributed by atoms with Crippen molar-refractivity contribution < 1.29 is 14.7 Å². The monoisotopic (exact) mass is 276 g/mol. The van der Waals surface area contributed by atoms with Crippen molar-refractivity contribution in [1.82, 2.24) is 10.2 Å². The van der Waals surface area contributed by atoms with Crippen LogP contribution in [0, 0.1) is 0 Å². The van der Waals surface area contributed by atoms with E-state index in [1.54, 1.807) is 56.9 Å². The quantitative estimate of drug-likeness (QED) is 0.858. The number of nitrogens with zero attached hydrogens (tertiary/aromatic N) is 1. The first-order chi connectivity index (χ1) is 9.14. The zero-order chi connectivity index (χ0) is 15.1. The summed E-state index contributed by atoms with van der Waals surface area (Å²) in [6, 6.07) is 6.64. The summed E-state index contributed by atoms with van der Waals surface area (Å²) >= 11 is 0. The Hall–Kier alpha value is -2.04. The number of carbonyl (C=O) groups is 2. The molecule has 0 atom stereocenters. The van der Waals surface area contributed by atoms with Gasteiger partial charge in [0.2, 0.25) is 11.8 Å². The highest BCUT2D eigenvalue weighted by molar-refractivity contribution is 6.01. The van der Waals surface area contributed by atoms with Crippen molar-refractivity contribution in [3.05, 3.63) is 29.8 Å². The van der Waals surface area contributed by atoms with Gasteiger partial charge in [0.05, 0.1) is 0 Å². The molecule has 1 aliphatic heterocycles. The van der Waals surface area contributed by atoms with Crippen molar-refractivity contribution >= 4 is 11.8 Å². The van der Waals surface area contributed by atoms with Crippen LogP contribution in [0.2, 0.25) is 0 Å². The number of phenols is 1. The maximum absolute atomic E-state index is 12.5. The van der Waals surface area contributed by atoms with Gasteiger partial charge in [0.1, 0.15) is 16.8 Å². The Balaban J connectivity index is 2.33. The van der Waals surface area contributed by atoms with Gasteiger partial charge in [0.15, 0.2) is 0 Å². The van der Waals surface area contributed by atoms with Crippen LogP contribution >= 0.6 is 0 Å². The lowest BCUT2D eigenvalue weighted by molar-refractivity contribution is -0.160. The van der Waals surface area contributed by atoms with E-state index in [9.17, 15) is 14.7 Å². The second-order valence-electron chi connectivity index (χ2n) is 6.20. The summed E-state index contributed by atoms with van der Waals surface area (Å²) in [5.74, 6) is -0.105. The third-order valence-electron chi connectivity index (χ3n) is 3.71. The van der Waals surface area contributed by atoms with Crippen LogP contribution in [0.1, 0.15) is 33.3 Å². The Bertz CT molecular complexity index is 547. The molecule has 0 unspecified atom stereocenters. The van der Waals surface area contributed by atoms with E-state index in [0.717, 1.165) is 5.56 Å². The van der Waals surface area contributed by atoms with Crippen LogP contribution in [0.3, 0.4) is 0 Å². The van der Waals surface area contributed by atoms with Gasteiger partial charge in [-0.1, -0.05) is 12.1 Å². The number of aromatic hydroxyl groups is 1. The molecule has 0 saturated carbocycles. The van der Waals surface area contributed by atoms with Crippen LogP contribution in [0.25, 0.3) is 0 Å². The minimum Gasteiger partial charge on any atom is -0.508 e. The minimum atomic E-state index is -0.899. The highest BCUT2D eigenvalue weighted by atomic mass is 16.3. The Morgan fingerprint density at radius 2 is 1.65 bits per heavy atom. The van der Waals surface area contributed by atoms with Gasteiger partial charge in [-0.15, -0.1) is 0 Å². The number of hydrogen-bond acceptors (Lipinski definition) is 3. The van der Waals surface area contributed by atoms with Gasteiger partial charge < -0.3 is 15.3 Å². The smallest absolute Gasteiger partial charge is 0.248 e. The van der Waals surface area contributed by atoms with E-state index in [1.807, 2.05) is 0 Å². The lowest BCUT2D eigenvalue weighted by atomic mass is 9.89. The standard InChI is InChI=1S/C15H20N2O3/c1-14(2)13(20)17(15(3,4)12(19)16-14)9-10-5-7-11(18)8-6-10/h5-8,18H,9H2,1-4H3,(H,16,19). The zero-order valence-electron chi connectivity index (χ0n) is 12.2. The lowest BCUT2D eigenvalue weighted by Gasteiger charge is -2.47. The fourth-order valence-corrected chi connectivity index (χ4v) is 2.26. The molecular weight excluding hydrogens is 256 g/mol. The molecule has 1 aliphatic rings. The highest BCUT2D eigenvalue weighted by Gasteiger charge is 2.49. The molecule has 1 aromatic rings. The average molecular weight is 276 g/mol. The number of nitrogens with one attached hydrogen (secondary N) is 1. The Kier molecular flexibility index (Phi) is 3.24. The van der Waals surface area contributed by atoms with Crippen LogP contribution in [0.4, 0.5) is 0 Å². The predicted octanol–water partition coefficient (Wildman–Crippen LogP) is 1.41. The summed E-state index contributed by atoms with van der Waals surface area (Å²) in [6.45, 7) is 7.20. The summed E-state index contributed by atoms with van der Waals surface area (Å²) in [5, 5.41) is 12.0. The first-order valence-electron chi connectivity index (χ1n) is 6.57. The number of piperazine rings is 1. The summed E-state index contributed by atoms with van der Waals surface area (Å²) in [7, 11) is 0. The average Bonchev–Trinajstić information content (AvgIpc) is 2.35. The molecule has 20 heavy (non-hydrogen) atoms. The Labute approximate surface area is 118 Å². The van der Waals surface area contributed by atoms with Crippen LogP contribution in [0.5, 0.6) is 5.75 Å². The number of benzene rings is 1. The van der Waals surface area contributed by atoms with Crippen molar-refractivity contribution in [2.75, 3.05) is 0 Å². The maximum Gasteiger partial charge on any atom is 0.248 e. The fourth-order valence-electron chi connectivity index (χ4n) is 2.26. The normalized spacial score (nSPS) is 20.7. The second kappa shape index (κ2) is 4.51. The molecule has 0 aliphatic carbocycles. The molecule has 2 N–H and O–H groups in total. The first kappa shape index (κ1) is 14.4. The summed E-state index contributed by atoms with van der Waals surface area (Å²) in [4.78, 5) is 26.3. The van der Waals surface area contributed by atoms with Crippen molar-refractivity contribution in [2.24, 2.45) is 0 Å². The minimum absolute atomic E-state index is 0.116. The van der Waals surface area contributed by atoms with Crippen LogP contribution < -0.4 is 5.32 Å². The molecule has 1 heterocycles. The van der Waals surface area contributed by atoms with Crippen LogP contribution in [-0.4, -0.2) is 32.9 Å². The molecule has 0 aromatic heterocycles. The van der Waals surface area contributed by atoms with Gasteiger partial charge in [-0.25, -0.2) is 0 Å². The molecule has 1 saturated heterocycles. The van der Waals surface area contributed by atoms with E-state index in [4.69, 9.17) is 0 Å². The number of rotatable bonds is 2. The van der Waals surface area contributed by atoms with E-state index in [-0.39, 0.29) is 17.6 Å². The fraction of sp³-hybridized carbons (Fsp3) is 0.467. The molecule has 108 valence electrons. The molecule has 5 heteroatoms. The summed E-state index contributed by atoms with van der Waals surface area (Å²) in [5.41, 5.74) is -0.927. The molecule has 0 bridgehead atoms. The number of amides is 2. The maximum atomic E-state index is 12.5. The van der Waals surface area contributed by atoms with Gasteiger partial charge in [-0.2, -0.15) is 0 Å². The third-order valence-corrected chi connectivity index (χ3v) is 3.71. The molecule has 5 nitrogen and oxygen atoms in total. The molecule has 2 rings (SSSR count). The van der Waals surface area contributed by atoms with Crippen molar-refractivity contribution in [3.63, 3.8) is 0 Å². The summed E-state index contributed by atoms with van der Waals surface area (Å²) in [6.07, 6.45) is 0. The number of phenolic OH excluding ortho intramolecular Hbond substituents is 1. The van der Waals surface area contributed by atoms with Crippen molar-refractivity contribution in [3.8, 4) is 5.75 Å². The molecule has 2 amide bonds. The number of hydrogen-bond donors (Lipinski definition) is 2. The largest absolute Gasteiger partial charge is 0.508 e. The first-order valence-corrected chi connectivity index (χ1v) is 6.57. The van der Waals surface area contributed by atoms with E-state index in [1.165, 1.54) is 0 Å². The van der Waals surface area contributed by atoms with Crippen LogP contribution in [-0.2, 0) is 16.1 Å². The Morgan fingerprint density at radius 1 is 1.10 bits per heavy atom. The molecular formula is C15H20N2O3. The van der Waals surface area contributed by atoms with Crippen LogP contribution in [0.15, 0.2) is 24.3 Å². The lowest BCUT2D eigenvalue weighted by Crippen LogP contribution is -2.71. The second-order valence-corrected chi connectivity index (χ2v) is 6.20. The van der Waals surface area contributed by atoms with Gasteiger partial charge in [-0.3, -0.25) is 9.59 Å². The molecule has 0 radical (unpaired) electrons. The van der Waals surface area contributed by atoms with Gasteiger partial charge in [0, 0.05) is 6.54 Å². The van der Waals surface area contributed by atoms with Crippen molar-refractivity contribution in [1.29, 1.82) is 0 Å².